The Labute approximate surface area is 178 Å². The Balaban J connectivity index is 1.80. The van der Waals surface area contributed by atoms with Crippen molar-refractivity contribution in [3.63, 3.8) is 0 Å². The van der Waals surface area contributed by atoms with Gasteiger partial charge in [-0.15, -0.1) is 0 Å². The summed E-state index contributed by atoms with van der Waals surface area (Å²) in [5, 5.41) is 4.63. The lowest BCUT2D eigenvalue weighted by Gasteiger charge is -2.18. The zero-order valence-electron chi connectivity index (χ0n) is 18.4. The molecule has 0 fully saturated rings. The number of rotatable bonds is 13. The topological polar surface area (TPSA) is 55.8 Å². The van der Waals surface area contributed by atoms with Gasteiger partial charge < -0.3 is 24.4 Å². The van der Waals surface area contributed by atoms with E-state index in [4.69, 9.17) is 19.2 Å². The average Bonchev–Trinajstić information content (AvgIpc) is 3.21. The van der Waals surface area contributed by atoms with Crippen molar-refractivity contribution < 1.29 is 18.6 Å². The number of ether oxygens (including phenoxy) is 3. The minimum absolute atomic E-state index is 0.327. The Morgan fingerprint density at radius 1 is 1.17 bits per heavy atom. The fourth-order valence-electron chi connectivity index (χ4n) is 3.91. The van der Waals surface area contributed by atoms with Gasteiger partial charge in [-0.1, -0.05) is 0 Å². The maximum absolute atomic E-state index is 12.4. The second-order valence-electron chi connectivity index (χ2n) is 7.60. The summed E-state index contributed by atoms with van der Waals surface area (Å²) in [5.41, 5.74) is 4.54. The summed E-state index contributed by atoms with van der Waals surface area (Å²) in [5.74, 6) is 1.40. The van der Waals surface area contributed by atoms with Crippen LogP contribution in [0.5, 0.6) is 11.5 Å². The van der Waals surface area contributed by atoms with E-state index in [1.165, 1.54) is 11.3 Å². The van der Waals surface area contributed by atoms with Crippen molar-refractivity contribution in [2.75, 3.05) is 65.6 Å². The molecule has 30 heavy (non-hydrogen) atoms. The van der Waals surface area contributed by atoms with Gasteiger partial charge in [-0.3, -0.25) is 4.98 Å². The van der Waals surface area contributed by atoms with Crippen LogP contribution in [-0.4, -0.2) is 70.2 Å². The van der Waals surface area contributed by atoms with E-state index in [0.29, 0.717) is 31.3 Å². The lowest BCUT2D eigenvalue weighted by atomic mass is 10.1. The summed E-state index contributed by atoms with van der Waals surface area (Å²) in [7, 11) is 3.58. The van der Waals surface area contributed by atoms with Gasteiger partial charge in [0.05, 0.1) is 25.8 Å². The van der Waals surface area contributed by atoms with E-state index in [9.17, 15) is 4.39 Å². The highest BCUT2D eigenvalue weighted by atomic mass is 19.1. The molecule has 6 nitrogen and oxygen atoms in total. The first kappa shape index (κ1) is 22.6. The Hall–Kier alpha value is -2.12. The normalized spacial score (nSPS) is 13.1. The Morgan fingerprint density at radius 3 is 2.80 bits per heavy atom. The van der Waals surface area contributed by atoms with Gasteiger partial charge in [0, 0.05) is 49.1 Å². The molecule has 3 rings (SSSR count). The molecule has 166 valence electrons. The molecule has 0 unspecified atom stereocenters. The molecular formula is C23H34FN3O3. The number of fused-ring (bicyclic) bond motifs is 2. The number of pyridine rings is 1. The lowest BCUT2D eigenvalue weighted by molar-refractivity contribution is 0.158. The maximum atomic E-state index is 12.4. The van der Waals surface area contributed by atoms with Crippen LogP contribution in [0.3, 0.4) is 0 Å². The van der Waals surface area contributed by atoms with Gasteiger partial charge in [-0.25, -0.2) is 4.39 Å². The molecule has 0 saturated carbocycles. The molecule has 1 aromatic heterocycles. The highest BCUT2D eigenvalue weighted by Crippen LogP contribution is 2.39. The number of benzene rings is 1. The van der Waals surface area contributed by atoms with E-state index in [0.717, 1.165) is 62.0 Å². The molecule has 1 aliphatic carbocycles. The van der Waals surface area contributed by atoms with Gasteiger partial charge >= 0.3 is 0 Å². The van der Waals surface area contributed by atoms with Crippen molar-refractivity contribution in [2.45, 2.75) is 32.6 Å². The van der Waals surface area contributed by atoms with Crippen LogP contribution in [0.2, 0.25) is 0 Å². The molecule has 2 aromatic rings. The van der Waals surface area contributed by atoms with Crippen LogP contribution in [-0.2, 0) is 17.6 Å². The predicted octanol–water partition coefficient (Wildman–Crippen LogP) is 3.85. The van der Waals surface area contributed by atoms with Crippen molar-refractivity contribution in [2.24, 2.45) is 0 Å². The molecule has 0 atom stereocenters. The largest absolute Gasteiger partial charge is 0.493 e. The third-order valence-corrected chi connectivity index (χ3v) is 5.46. The van der Waals surface area contributed by atoms with Gasteiger partial charge in [0.1, 0.15) is 6.67 Å². The van der Waals surface area contributed by atoms with Crippen molar-refractivity contribution in [1.29, 1.82) is 0 Å². The molecule has 1 heterocycles. The molecule has 0 bridgehead atoms. The molecule has 0 aliphatic heterocycles. The van der Waals surface area contributed by atoms with E-state index in [1.807, 2.05) is 31.0 Å². The van der Waals surface area contributed by atoms with Crippen molar-refractivity contribution >= 4 is 16.6 Å². The van der Waals surface area contributed by atoms with Gasteiger partial charge in [0.25, 0.3) is 0 Å². The third kappa shape index (κ3) is 5.52. The summed E-state index contributed by atoms with van der Waals surface area (Å²) >= 11 is 0. The second kappa shape index (κ2) is 11.3. The first-order chi connectivity index (χ1) is 14.7. The van der Waals surface area contributed by atoms with Crippen molar-refractivity contribution in [3.8, 4) is 11.5 Å². The smallest absolute Gasteiger partial charge is 0.163 e. The zero-order chi connectivity index (χ0) is 21.3. The summed E-state index contributed by atoms with van der Waals surface area (Å²) in [4.78, 5) is 6.89. The maximum Gasteiger partial charge on any atom is 0.163 e. The third-order valence-electron chi connectivity index (χ3n) is 5.46. The predicted molar refractivity (Wildman–Crippen MR) is 119 cm³/mol. The molecule has 0 saturated heterocycles. The van der Waals surface area contributed by atoms with Crippen LogP contribution >= 0.6 is 0 Å². The van der Waals surface area contributed by atoms with E-state index >= 15 is 0 Å². The minimum Gasteiger partial charge on any atom is -0.493 e. The molecule has 1 N–H and O–H groups in total. The second-order valence-corrected chi connectivity index (χ2v) is 7.60. The van der Waals surface area contributed by atoms with E-state index in [2.05, 4.69) is 5.32 Å². The Morgan fingerprint density at radius 2 is 2.03 bits per heavy atom. The standard InChI is InChI=1S/C23H34FN3O3/c1-4-29-14-10-25-23-17-7-5-8-19(17)26-20-16-22(21(28-3)15-18(20)23)30-13-6-11-27(2)12-9-24/h15-16H,4-14H2,1-3H3,(H,25,26). The Bertz CT molecular complexity index is 831. The summed E-state index contributed by atoms with van der Waals surface area (Å²) in [6.45, 7) is 5.61. The highest BCUT2D eigenvalue weighted by molar-refractivity contribution is 5.96. The van der Waals surface area contributed by atoms with Crippen molar-refractivity contribution in [1.82, 2.24) is 9.88 Å². The van der Waals surface area contributed by atoms with Gasteiger partial charge in [0.2, 0.25) is 0 Å². The SMILES string of the molecule is CCOCCNc1c2c(nc3cc(OCCCN(C)CCF)c(OC)cc13)CCC2. The Kier molecular flexibility index (Phi) is 8.51. The van der Waals surface area contributed by atoms with Crippen molar-refractivity contribution in [3.05, 3.63) is 23.4 Å². The van der Waals surface area contributed by atoms with Crippen LogP contribution in [0, 0.1) is 0 Å². The monoisotopic (exact) mass is 419 g/mol. The molecule has 7 heteroatoms. The first-order valence-corrected chi connectivity index (χ1v) is 10.9. The van der Waals surface area contributed by atoms with Crippen LogP contribution in [0.4, 0.5) is 10.1 Å². The molecule has 0 amide bonds. The number of nitrogens with zero attached hydrogens (tertiary/aromatic N) is 2. The number of aromatic nitrogens is 1. The number of hydrogen-bond donors (Lipinski definition) is 1. The minimum atomic E-state index is -0.327. The quantitative estimate of drug-likeness (QED) is 0.498. The van der Waals surface area contributed by atoms with Crippen LogP contribution in [0.1, 0.15) is 31.0 Å². The van der Waals surface area contributed by atoms with Gasteiger partial charge in [0.15, 0.2) is 11.5 Å². The average molecular weight is 420 g/mol. The van der Waals surface area contributed by atoms with Crippen LogP contribution in [0.25, 0.3) is 10.9 Å². The fraction of sp³-hybridized carbons (Fsp3) is 0.609. The number of halogens is 1. The lowest BCUT2D eigenvalue weighted by Crippen LogP contribution is -2.23. The zero-order valence-corrected chi connectivity index (χ0v) is 18.4. The fourth-order valence-corrected chi connectivity index (χ4v) is 3.91. The van der Waals surface area contributed by atoms with E-state index < -0.39 is 0 Å². The number of alkyl halides is 1. The van der Waals surface area contributed by atoms with Crippen LogP contribution in [0.15, 0.2) is 12.1 Å². The number of methoxy groups -OCH3 is 1. The van der Waals surface area contributed by atoms with E-state index in [1.54, 1.807) is 7.11 Å². The number of anilines is 1. The van der Waals surface area contributed by atoms with Gasteiger partial charge in [-0.05, 0) is 51.3 Å². The van der Waals surface area contributed by atoms with E-state index in [-0.39, 0.29) is 6.67 Å². The first-order valence-electron chi connectivity index (χ1n) is 10.9. The number of hydrogen-bond acceptors (Lipinski definition) is 6. The summed E-state index contributed by atoms with van der Waals surface area (Å²) in [6.07, 6.45) is 4.00. The molecule has 1 aliphatic rings. The number of aryl methyl sites for hydroxylation is 1. The summed E-state index contributed by atoms with van der Waals surface area (Å²) < 4.78 is 29.5. The molecule has 0 spiro atoms. The number of nitrogens with one attached hydrogen (secondary N) is 1. The van der Waals surface area contributed by atoms with Gasteiger partial charge in [-0.2, -0.15) is 0 Å². The molecular weight excluding hydrogens is 385 g/mol. The molecule has 0 radical (unpaired) electrons. The highest BCUT2D eigenvalue weighted by Gasteiger charge is 2.21. The summed E-state index contributed by atoms with van der Waals surface area (Å²) in [6, 6.07) is 4.00. The molecule has 1 aromatic carbocycles. The van der Waals surface area contributed by atoms with Crippen LogP contribution < -0.4 is 14.8 Å².